The molecule has 0 spiro atoms. The topological polar surface area (TPSA) is 43.8 Å². The van der Waals surface area contributed by atoms with Gasteiger partial charge in [0.1, 0.15) is 5.82 Å². The van der Waals surface area contributed by atoms with Crippen molar-refractivity contribution < 1.29 is 0 Å². The average molecular weight is 203 g/mol. The van der Waals surface area contributed by atoms with Gasteiger partial charge in [0.05, 0.1) is 11.0 Å². The Morgan fingerprint density at radius 2 is 2.13 bits per heavy atom. The van der Waals surface area contributed by atoms with Crippen molar-refractivity contribution in [3.05, 3.63) is 24.0 Å². The molecule has 3 nitrogen and oxygen atoms in total. The molecule has 2 N–H and O–H groups in total. The first kappa shape index (κ1) is 10.0. The Kier molecular flexibility index (Phi) is 2.39. The van der Waals surface area contributed by atoms with Crippen LogP contribution in [0.2, 0.25) is 0 Å². The van der Waals surface area contributed by atoms with Gasteiger partial charge in [-0.1, -0.05) is 13.8 Å². The molecule has 0 unspecified atom stereocenters. The van der Waals surface area contributed by atoms with E-state index in [1.807, 2.05) is 18.2 Å². The van der Waals surface area contributed by atoms with Gasteiger partial charge in [-0.05, 0) is 25.1 Å². The van der Waals surface area contributed by atoms with Crippen molar-refractivity contribution in [1.82, 2.24) is 9.55 Å². The van der Waals surface area contributed by atoms with E-state index in [0.29, 0.717) is 5.92 Å². The third kappa shape index (κ3) is 1.58. The van der Waals surface area contributed by atoms with Crippen molar-refractivity contribution in [3.63, 3.8) is 0 Å². The SMILES string of the molecule is CCn1c(C(C)C)nc2cc(N)ccc21. The summed E-state index contributed by atoms with van der Waals surface area (Å²) in [6.07, 6.45) is 0. The average Bonchev–Trinajstić information content (AvgIpc) is 2.55. The number of aromatic nitrogens is 2. The molecule has 1 heterocycles. The van der Waals surface area contributed by atoms with Crippen LogP contribution in [0.5, 0.6) is 0 Å². The van der Waals surface area contributed by atoms with Crippen LogP contribution < -0.4 is 5.73 Å². The highest BCUT2D eigenvalue weighted by Gasteiger charge is 2.11. The summed E-state index contributed by atoms with van der Waals surface area (Å²) in [5.41, 5.74) is 8.70. The molecule has 0 amide bonds. The lowest BCUT2D eigenvalue weighted by Crippen LogP contribution is -2.03. The van der Waals surface area contributed by atoms with Crippen LogP contribution in [0.25, 0.3) is 11.0 Å². The minimum Gasteiger partial charge on any atom is -0.399 e. The number of aryl methyl sites for hydroxylation is 1. The Bertz CT molecular complexity index is 483. The normalized spacial score (nSPS) is 11.5. The van der Waals surface area contributed by atoms with Gasteiger partial charge >= 0.3 is 0 Å². The highest BCUT2D eigenvalue weighted by molar-refractivity contribution is 5.79. The number of anilines is 1. The fourth-order valence-electron chi connectivity index (χ4n) is 1.94. The number of fused-ring (bicyclic) bond motifs is 1. The van der Waals surface area contributed by atoms with Crippen molar-refractivity contribution >= 4 is 16.7 Å². The largest absolute Gasteiger partial charge is 0.399 e. The number of hydrogen-bond acceptors (Lipinski definition) is 2. The van der Waals surface area contributed by atoms with E-state index >= 15 is 0 Å². The third-order valence-electron chi connectivity index (χ3n) is 2.63. The van der Waals surface area contributed by atoms with Crippen LogP contribution >= 0.6 is 0 Å². The molecule has 3 heteroatoms. The summed E-state index contributed by atoms with van der Waals surface area (Å²) in [4.78, 5) is 4.63. The molecule has 1 aromatic heterocycles. The lowest BCUT2D eigenvalue weighted by molar-refractivity contribution is 0.667. The first-order valence-corrected chi connectivity index (χ1v) is 5.39. The van der Waals surface area contributed by atoms with Crippen LogP contribution in [0.3, 0.4) is 0 Å². The molecule has 1 aromatic carbocycles. The first-order valence-electron chi connectivity index (χ1n) is 5.39. The van der Waals surface area contributed by atoms with E-state index in [0.717, 1.165) is 23.6 Å². The number of nitrogens with zero attached hydrogens (tertiary/aromatic N) is 2. The van der Waals surface area contributed by atoms with Gasteiger partial charge in [0.2, 0.25) is 0 Å². The van der Waals surface area contributed by atoms with Gasteiger partial charge in [0.25, 0.3) is 0 Å². The van der Waals surface area contributed by atoms with Crippen molar-refractivity contribution in [2.75, 3.05) is 5.73 Å². The molecular weight excluding hydrogens is 186 g/mol. The van der Waals surface area contributed by atoms with E-state index < -0.39 is 0 Å². The van der Waals surface area contributed by atoms with E-state index in [4.69, 9.17) is 5.73 Å². The van der Waals surface area contributed by atoms with E-state index in [1.165, 1.54) is 5.52 Å². The van der Waals surface area contributed by atoms with Gasteiger partial charge in [-0.3, -0.25) is 0 Å². The van der Waals surface area contributed by atoms with Crippen LogP contribution in [-0.4, -0.2) is 9.55 Å². The molecule has 0 aliphatic carbocycles. The van der Waals surface area contributed by atoms with E-state index in [2.05, 4.69) is 30.3 Å². The molecule has 0 atom stereocenters. The van der Waals surface area contributed by atoms with Crippen LogP contribution in [-0.2, 0) is 6.54 Å². The predicted molar refractivity (Wildman–Crippen MR) is 63.9 cm³/mol. The number of nitrogens with two attached hydrogens (primary N) is 1. The Labute approximate surface area is 89.9 Å². The van der Waals surface area contributed by atoms with Gasteiger partial charge in [-0.15, -0.1) is 0 Å². The van der Waals surface area contributed by atoms with E-state index in [9.17, 15) is 0 Å². The third-order valence-corrected chi connectivity index (χ3v) is 2.63. The fourth-order valence-corrected chi connectivity index (χ4v) is 1.94. The minimum atomic E-state index is 0.443. The van der Waals surface area contributed by atoms with Crippen LogP contribution in [0.15, 0.2) is 18.2 Å². The highest BCUT2D eigenvalue weighted by Crippen LogP contribution is 2.23. The molecule has 0 radical (unpaired) electrons. The molecule has 0 bridgehead atoms. The highest BCUT2D eigenvalue weighted by atomic mass is 15.1. The second-order valence-electron chi connectivity index (χ2n) is 4.12. The minimum absolute atomic E-state index is 0.443. The number of imidazole rings is 1. The van der Waals surface area contributed by atoms with Crippen molar-refractivity contribution in [1.29, 1.82) is 0 Å². The zero-order valence-electron chi connectivity index (χ0n) is 9.49. The lowest BCUT2D eigenvalue weighted by atomic mass is 10.2. The van der Waals surface area contributed by atoms with Gasteiger partial charge < -0.3 is 10.3 Å². The summed E-state index contributed by atoms with van der Waals surface area (Å²) < 4.78 is 2.25. The molecular formula is C12H17N3. The molecule has 0 saturated carbocycles. The molecule has 2 rings (SSSR count). The van der Waals surface area contributed by atoms with Crippen LogP contribution in [0.4, 0.5) is 5.69 Å². The Morgan fingerprint density at radius 1 is 1.40 bits per heavy atom. The molecule has 0 saturated heterocycles. The van der Waals surface area contributed by atoms with Crippen LogP contribution in [0, 0.1) is 0 Å². The van der Waals surface area contributed by atoms with Gasteiger partial charge in [0.15, 0.2) is 0 Å². The van der Waals surface area contributed by atoms with Gasteiger partial charge in [0, 0.05) is 18.2 Å². The number of benzene rings is 1. The summed E-state index contributed by atoms with van der Waals surface area (Å²) in [6.45, 7) is 7.42. The number of rotatable bonds is 2. The quantitative estimate of drug-likeness (QED) is 0.763. The van der Waals surface area contributed by atoms with Crippen molar-refractivity contribution in [3.8, 4) is 0 Å². The maximum absolute atomic E-state index is 5.75. The Morgan fingerprint density at radius 3 is 2.73 bits per heavy atom. The maximum Gasteiger partial charge on any atom is 0.112 e. The van der Waals surface area contributed by atoms with Gasteiger partial charge in [-0.25, -0.2) is 4.98 Å². The Balaban J connectivity index is 2.73. The predicted octanol–water partition coefficient (Wildman–Crippen LogP) is 2.76. The second-order valence-corrected chi connectivity index (χ2v) is 4.12. The molecule has 0 aliphatic heterocycles. The fraction of sp³-hybridized carbons (Fsp3) is 0.417. The Hall–Kier alpha value is -1.51. The summed E-state index contributed by atoms with van der Waals surface area (Å²) in [6, 6.07) is 5.92. The first-order chi connectivity index (χ1) is 7.13. The zero-order valence-corrected chi connectivity index (χ0v) is 9.49. The summed E-state index contributed by atoms with van der Waals surface area (Å²) >= 11 is 0. The van der Waals surface area contributed by atoms with Crippen molar-refractivity contribution in [2.24, 2.45) is 0 Å². The van der Waals surface area contributed by atoms with Crippen molar-refractivity contribution in [2.45, 2.75) is 33.2 Å². The maximum atomic E-state index is 5.75. The summed E-state index contributed by atoms with van der Waals surface area (Å²) in [7, 11) is 0. The number of hydrogen-bond donors (Lipinski definition) is 1. The lowest BCUT2D eigenvalue weighted by Gasteiger charge is -2.08. The standard InChI is InChI=1S/C12H17N3/c1-4-15-11-6-5-9(13)7-10(11)14-12(15)8(2)3/h5-8H,4,13H2,1-3H3. The smallest absolute Gasteiger partial charge is 0.112 e. The van der Waals surface area contributed by atoms with Gasteiger partial charge in [-0.2, -0.15) is 0 Å². The van der Waals surface area contributed by atoms with E-state index in [-0.39, 0.29) is 0 Å². The summed E-state index contributed by atoms with van der Waals surface area (Å²) in [5, 5.41) is 0. The zero-order chi connectivity index (χ0) is 11.0. The second kappa shape index (κ2) is 3.57. The molecule has 2 aromatic rings. The molecule has 15 heavy (non-hydrogen) atoms. The monoisotopic (exact) mass is 203 g/mol. The van der Waals surface area contributed by atoms with E-state index in [1.54, 1.807) is 0 Å². The van der Waals surface area contributed by atoms with Crippen LogP contribution in [0.1, 0.15) is 32.5 Å². The summed E-state index contributed by atoms with van der Waals surface area (Å²) in [5.74, 6) is 1.58. The number of nitrogen functional groups attached to an aromatic ring is 1. The molecule has 80 valence electrons. The molecule has 0 aliphatic rings. The molecule has 0 fully saturated rings.